The largest absolute Gasteiger partial charge is 0.357 e. The fourth-order valence-electron chi connectivity index (χ4n) is 1.61. The van der Waals surface area contributed by atoms with Gasteiger partial charge in [-0.25, -0.2) is 4.98 Å². The van der Waals surface area contributed by atoms with Crippen LogP contribution in [0.2, 0.25) is 0 Å². The van der Waals surface area contributed by atoms with Crippen LogP contribution in [0, 0.1) is 0 Å². The van der Waals surface area contributed by atoms with E-state index >= 15 is 0 Å². The second-order valence-electron chi connectivity index (χ2n) is 3.58. The van der Waals surface area contributed by atoms with E-state index in [1.807, 2.05) is 11.6 Å². The molecule has 2 aromatic rings. The molecule has 0 aromatic carbocycles. The first-order valence-corrected chi connectivity index (χ1v) is 5.02. The van der Waals surface area contributed by atoms with Gasteiger partial charge in [0, 0.05) is 32.4 Å². The van der Waals surface area contributed by atoms with E-state index in [0.717, 1.165) is 11.5 Å². The standard InChI is InChI=1S/C9H15N7/c1-11-9-15-14-8(16(9)2)7(10)3-6-4-12-5-13-6/h4-5,7H,3,10H2,1-2H3,(H,11,15)(H,12,13)/t7-/m1/s1. The van der Waals surface area contributed by atoms with Crippen molar-refractivity contribution >= 4 is 5.95 Å². The van der Waals surface area contributed by atoms with E-state index in [-0.39, 0.29) is 6.04 Å². The van der Waals surface area contributed by atoms with Crippen molar-refractivity contribution in [2.24, 2.45) is 12.8 Å². The van der Waals surface area contributed by atoms with Gasteiger partial charge in [-0.05, 0) is 0 Å². The van der Waals surface area contributed by atoms with Crippen molar-refractivity contribution in [2.75, 3.05) is 12.4 Å². The molecule has 0 unspecified atom stereocenters. The third-order valence-electron chi connectivity index (χ3n) is 2.46. The van der Waals surface area contributed by atoms with Gasteiger partial charge in [-0.2, -0.15) is 0 Å². The number of nitrogens with zero attached hydrogens (tertiary/aromatic N) is 4. The van der Waals surface area contributed by atoms with E-state index in [2.05, 4.69) is 25.5 Å². The monoisotopic (exact) mass is 221 g/mol. The second kappa shape index (κ2) is 4.31. The van der Waals surface area contributed by atoms with E-state index < -0.39 is 0 Å². The summed E-state index contributed by atoms with van der Waals surface area (Å²) in [5.74, 6) is 1.45. The summed E-state index contributed by atoms with van der Waals surface area (Å²) in [6, 6.07) is -0.194. The van der Waals surface area contributed by atoms with Crippen molar-refractivity contribution in [3.05, 3.63) is 24.0 Å². The minimum absolute atomic E-state index is 0.194. The molecule has 2 rings (SSSR count). The Morgan fingerprint density at radius 3 is 2.94 bits per heavy atom. The van der Waals surface area contributed by atoms with Crippen LogP contribution in [0.25, 0.3) is 0 Å². The first kappa shape index (κ1) is 10.6. The number of aromatic nitrogens is 5. The Kier molecular flexibility index (Phi) is 2.86. The Bertz CT molecular complexity index is 444. The number of rotatable bonds is 4. The van der Waals surface area contributed by atoms with Gasteiger partial charge in [0.1, 0.15) is 0 Å². The van der Waals surface area contributed by atoms with Crippen LogP contribution < -0.4 is 11.1 Å². The van der Waals surface area contributed by atoms with Crippen LogP contribution in [0.15, 0.2) is 12.5 Å². The molecule has 16 heavy (non-hydrogen) atoms. The Morgan fingerprint density at radius 2 is 2.38 bits per heavy atom. The molecule has 0 fully saturated rings. The molecule has 4 N–H and O–H groups in total. The molecule has 0 aliphatic heterocycles. The van der Waals surface area contributed by atoms with Gasteiger partial charge in [0.15, 0.2) is 5.82 Å². The molecule has 86 valence electrons. The third kappa shape index (κ3) is 1.89. The third-order valence-corrected chi connectivity index (χ3v) is 2.46. The van der Waals surface area contributed by atoms with Crippen LogP contribution >= 0.6 is 0 Å². The number of H-pyrrole nitrogens is 1. The quantitative estimate of drug-likeness (QED) is 0.665. The van der Waals surface area contributed by atoms with Crippen molar-refractivity contribution in [1.82, 2.24) is 24.7 Å². The van der Waals surface area contributed by atoms with Gasteiger partial charge in [-0.1, -0.05) is 0 Å². The van der Waals surface area contributed by atoms with Crippen molar-refractivity contribution in [3.63, 3.8) is 0 Å². The summed E-state index contributed by atoms with van der Waals surface area (Å²) in [5.41, 5.74) is 7.04. The topological polar surface area (TPSA) is 97.4 Å². The number of nitrogens with one attached hydrogen (secondary N) is 2. The number of nitrogens with two attached hydrogens (primary N) is 1. The summed E-state index contributed by atoms with van der Waals surface area (Å²) in [5, 5.41) is 11.0. The van der Waals surface area contributed by atoms with E-state index in [4.69, 9.17) is 5.73 Å². The normalized spacial score (nSPS) is 12.7. The predicted molar refractivity (Wildman–Crippen MR) is 59.8 cm³/mol. The van der Waals surface area contributed by atoms with Gasteiger partial charge in [-0.15, -0.1) is 10.2 Å². The molecule has 0 bridgehead atoms. The Hall–Kier alpha value is -1.89. The van der Waals surface area contributed by atoms with Gasteiger partial charge >= 0.3 is 0 Å². The van der Waals surface area contributed by atoms with Crippen LogP contribution in [0.5, 0.6) is 0 Å². The zero-order valence-electron chi connectivity index (χ0n) is 9.31. The Morgan fingerprint density at radius 1 is 1.56 bits per heavy atom. The molecular weight excluding hydrogens is 206 g/mol. The maximum absolute atomic E-state index is 6.06. The van der Waals surface area contributed by atoms with Crippen LogP contribution in [-0.2, 0) is 13.5 Å². The fourth-order valence-corrected chi connectivity index (χ4v) is 1.61. The molecule has 0 saturated heterocycles. The van der Waals surface area contributed by atoms with Gasteiger partial charge in [0.2, 0.25) is 5.95 Å². The van der Waals surface area contributed by atoms with E-state index in [1.165, 1.54) is 0 Å². The molecule has 0 amide bonds. The lowest BCUT2D eigenvalue weighted by Gasteiger charge is -2.09. The molecule has 0 aliphatic rings. The molecule has 0 radical (unpaired) electrons. The molecule has 2 aromatic heterocycles. The highest BCUT2D eigenvalue weighted by Crippen LogP contribution is 2.14. The van der Waals surface area contributed by atoms with Crippen LogP contribution in [-0.4, -0.2) is 31.8 Å². The average molecular weight is 221 g/mol. The molecule has 0 aliphatic carbocycles. The van der Waals surface area contributed by atoms with Crippen molar-refractivity contribution in [3.8, 4) is 0 Å². The highest BCUT2D eigenvalue weighted by Gasteiger charge is 2.15. The van der Waals surface area contributed by atoms with E-state index in [0.29, 0.717) is 12.4 Å². The maximum Gasteiger partial charge on any atom is 0.224 e. The first-order valence-electron chi connectivity index (χ1n) is 5.02. The van der Waals surface area contributed by atoms with Gasteiger partial charge in [0.25, 0.3) is 0 Å². The second-order valence-corrected chi connectivity index (χ2v) is 3.58. The maximum atomic E-state index is 6.06. The number of hydrogen-bond acceptors (Lipinski definition) is 5. The molecule has 0 spiro atoms. The van der Waals surface area contributed by atoms with Crippen molar-refractivity contribution in [2.45, 2.75) is 12.5 Å². The highest BCUT2D eigenvalue weighted by molar-refractivity contribution is 5.25. The van der Waals surface area contributed by atoms with E-state index in [9.17, 15) is 0 Å². The molecule has 1 atom stereocenters. The number of anilines is 1. The minimum atomic E-state index is -0.194. The summed E-state index contributed by atoms with van der Waals surface area (Å²) in [7, 11) is 3.68. The van der Waals surface area contributed by atoms with Crippen LogP contribution in [0.3, 0.4) is 0 Å². The summed E-state index contributed by atoms with van der Waals surface area (Å²) in [6.07, 6.45) is 4.06. The number of imidazole rings is 1. The van der Waals surface area contributed by atoms with Crippen LogP contribution in [0.4, 0.5) is 5.95 Å². The fraction of sp³-hybridized carbons (Fsp3) is 0.444. The van der Waals surface area contributed by atoms with E-state index in [1.54, 1.807) is 19.6 Å². The molecule has 7 heteroatoms. The predicted octanol–water partition coefficient (Wildman–Crippen LogP) is -0.178. The summed E-state index contributed by atoms with van der Waals surface area (Å²) in [6.45, 7) is 0. The minimum Gasteiger partial charge on any atom is -0.357 e. The molecular formula is C9H15N7. The average Bonchev–Trinajstić information content (AvgIpc) is 2.87. The summed E-state index contributed by atoms with van der Waals surface area (Å²) >= 11 is 0. The number of hydrogen-bond donors (Lipinski definition) is 3. The zero-order chi connectivity index (χ0) is 11.5. The highest BCUT2D eigenvalue weighted by atomic mass is 15.3. The molecule has 7 nitrogen and oxygen atoms in total. The first-order chi connectivity index (χ1) is 7.72. The van der Waals surface area contributed by atoms with Crippen molar-refractivity contribution in [1.29, 1.82) is 0 Å². The van der Waals surface area contributed by atoms with Gasteiger partial charge in [-0.3, -0.25) is 4.57 Å². The summed E-state index contributed by atoms with van der Waals surface area (Å²) in [4.78, 5) is 6.96. The van der Waals surface area contributed by atoms with Gasteiger partial charge < -0.3 is 16.0 Å². The lowest BCUT2D eigenvalue weighted by atomic mass is 10.1. The Labute approximate surface area is 93.1 Å². The summed E-state index contributed by atoms with van der Waals surface area (Å²) < 4.78 is 1.85. The number of aromatic amines is 1. The smallest absolute Gasteiger partial charge is 0.224 e. The van der Waals surface area contributed by atoms with Gasteiger partial charge in [0.05, 0.1) is 12.4 Å². The lowest BCUT2D eigenvalue weighted by Crippen LogP contribution is -2.18. The zero-order valence-corrected chi connectivity index (χ0v) is 9.31. The molecule has 2 heterocycles. The molecule has 0 saturated carbocycles. The SMILES string of the molecule is CNc1nnc([C@H](N)Cc2cnc[nH]2)n1C. The van der Waals surface area contributed by atoms with Crippen LogP contribution in [0.1, 0.15) is 17.6 Å². The van der Waals surface area contributed by atoms with Crippen molar-refractivity contribution < 1.29 is 0 Å². The Balaban J connectivity index is 2.14. The lowest BCUT2D eigenvalue weighted by molar-refractivity contribution is 0.624.